The van der Waals surface area contributed by atoms with E-state index in [0.717, 1.165) is 59.4 Å². The van der Waals surface area contributed by atoms with Crippen molar-refractivity contribution in [2.75, 3.05) is 0 Å². The Kier molecular flexibility index (Phi) is 9.36. The topological polar surface area (TPSA) is 36.9 Å². The van der Waals surface area contributed by atoms with Gasteiger partial charge in [-0.1, -0.05) is 72.8 Å². The smallest absolute Gasteiger partial charge is 0.0619 e. The van der Waals surface area contributed by atoms with Crippen molar-refractivity contribution in [3.8, 4) is 50.9 Å². The molecule has 6 heteroatoms. The zero-order chi connectivity index (χ0) is 47.8. The number of aryl methyl sites for hydroxylation is 1. The zero-order valence-corrected chi connectivity index (χ0v) is 42.5. The minimum absolute atomic E-state index is 0.0185. The molecule has 2 aliphatic rings. The molecule has 0 atom stereocenters. The van der Waals surface area contributed by atoms with Crippen LogP contribution in [0.2, 0.25) is 0 Å². The van der Waals surface area contributed by atoms with Gasteiger partial charge in [-0.2, -0.15) is 0 Å². The molecule has 3 heterocycles. The van der Waals surface area contributed by atoms with Gasteiger partial charge in [0.2, 0.25) is 0 Å². The number of fused-ring (bicyclic) bond motifs is 14. The molecule has 0 saturated heterocycles. The van der Waals surface area contributed by atoms with Crippen molar-refractivity contribution in [3.05, 3.63) is 231 Å². The molecule has 344 valence electrons. The fourth-order valence-electron chi connectivity index (χ4n) is 11.4. The Morgan fingerprint density at radius 2 is 1.09 bits per heavy atom. The monoisotopic (exact) mass is 1090 g/mol. The summed E-state index contributed by atoms with van der Waals surface area (Å²) in [4.78, 5) is 5.02. The van der Waals surface area contributed by atoms with Crippen LogP contribution in [0.4, 0.5) is 0 Å². The van der Waals surface area contributed by atoms with Crippen molar-refractivity contribution in [3.63, 3.8) is 0 Å². The zero-order valence-electron chi connectivity index (χ0n) is 40.3. The van der Waals surface area contributed by atoms with Crippen LogP contribution >= 0.6 is 0 Å². The molecule has 0 saturated carbocycles. The minimum atomic E-state index is -0.471. The Balaban J connectivity index is 0.967. The van der Waals surface area contributed by atoms with E-state index in [1.165, 1.54) is 55.6 Å². The summed E-state index contributed by atoms with van der Waals surface area (Å²) < 4.78 is 14.8. The Labute approximate surface area is 419 Å². The van der Waals surface area contributed by atoms with Crippen molar-refractivity contribution in [1.29, 1.82) is 0 Å². The van der Waals surface area contributed by atoms with Crippen molar-refractivity contribution in [2.24, 2.45) is 0 Å². The summed E-state index contributed by atoms with van der Waals surface area (Å²) in [5.74, 6) is 2.04. The predicted octanol–water partition coefficient (Wildman–Crippen LogP) is 15.6. The van der Waals surface area contributed by atoms with E-state index in [9.17, 15) is 0 Å². The van der Waals surface area contributed by atoms with Crippen LogP contribution in [0.15, 0.2) is 176 Å². The molecule has 1 spiro atoms. The molecule has 0 N–H and O–H groups in total. The molecule has 11 aromatic rings. The van der Waals surface area contributed by atoms with Crippen molar-refractivity contribution in [2.45, 2.75) is 64.7 Å². The first-order valence-corrected chi connectivity index (χ1v) is 25.2. The number of nitrogens with zero attached hydrogens (tertiary/aromatic N) is 4. The van der Waals surface area contributed by atoms with Crippen LogP contribution in [-0.2, 0) is 35.6 Å². The van der Waals surface area contributed by atoms with E-state index < -0.39 is 5.41 Å². The Hall–Kier alpha value is -7.33. The van der Waals surface area contributed by atoms with Gasteiger partial charge in [-0.15, -0.1) is 0 Å². The van der Waals surface area contributed by atoms with E-state index >= 15 is 0 Å². The quantitative estimate of drug-likeness (QED) is 0.161. The molecule has 0 aliphatic heterocycles. The minimum Gasteiger partial charge on any atom is -0.0619 e. The molecule has 0 radical (unpaired) electrons. The number of aromatic nitrogens is 4. The van der Waals surface area contributed by atoms with Crippen molar-refractivity contribution in [1.82, 2.24) is 18.7 Å². The number of para-hydroxylation sites is 2. The van der Waals surface area contributed by atoms with Gasteiger partial charge in [0.25, 0.3) is 0 Å². The van der Waals surface area contributed by atoms with Crippen molar-refractivity contribution < 1.29 is 24.1 Å². The number of benzene rings is 8. The second-order valence-corrected chi connectivity index (χ2v) is 22.1. The summed E-state index contributed by atoms with van der Waals surface area (Å²) in [5, 5.41) is 2.23. The SMILES string of the molecule is Cc1ccnc(-n2c3[c-]c(Oc4[c-]c(-n5[c](=[Pt])n(-c6cc(C(C)(C)C)cc(C(C)(C)C)c6)c6ccccc65)ccc4)ccc3c3cc4c(cc32)C2(c3ccccc3-c3ccccc32)c2ccccc2-4)c1. The number of pyridine rings is 1. The van der Waals surface area contributed by atoms with Crippen LogP contribution in [0.25, 0.3) is 72.3 Å². The molecule has 3 aromatic heterocycles. The maximum absolute atomic E-state index is 6.82. The second kappa shape index (κ2) is 15.3. The molecule has 0 amide bonds. The summed E-state index contributed by atoms with van der Waals surface area (Å²) in [7, 11) is 0. The Morgan fingerprint density at radius 3 is 1.71 bits per heavy atom. The molecule has 0 unspecified atom stereocenters. The Morgan fingerprint density at radius 1 is 0.500 bits per heavy atom. The van der Waals surface area contributed by atoms with Crippen LogP contribution in [-0.4, -0.2) is 18.7 Å². The molecule has 5 nitrogen and oxygen atoms in total. The van der Waals surface area contributed by atoms with Gasteiger partial charge in [-0.05, 0) is 63.1 Å². The van der Waals surface area contributed by atoms with E-state index in [4.69, 9.17) is 9.72 Å². The number of rotatable bonds is 5. The van der Waals surface area contributed by atoms with Crippen LogP contribution in [0, 0.1) is 22.9 Å². The van der Waals surface area contributed by atoms with Crippen LogP contribution in [0.5, 0.6) is 11.5 Å². The molecule has 8 aromatic carbocycles. The van der Waals surface area contributed by atoms with E-state index in [1.54, 1.807) is 0 Å². The standard InChI is InChI=1S/C64H50N4O.Pt/c1-40-29-30-65-61(31-40)68-59-36-46(69-45-18-16-17-43(35-45)66-39-67(58-26-15-14-25-57(58)66)44-33-41(62(2,3)4)32-42(34-44)63(5,6)7)27-28-50(59)52-37-51-49-21-10-13-24-55(49)64(56(51)38-60(52)68)53-22-11-8-19-47(53)48-20-9-12-23-54(48)64;/h8-34,37-38H,1-7H3;/q-2;. The fourth-order valence-corrected chi connectivity index (χ4v) is 12.5. The van der Waals surface area contributed by atoms with E-state index in [0.29, 0.717) is 11.5 Å². The first kappa shape index (κ1) is 42.7. The van der Waals surface area contributed by atoms with Crippen molar-refractivity contribution >= 4 is 32.8 Å². The summed E-state index contributed by atoms with van der Waals surface area (Å²) >= 11 is 2.48. The van der Waals surface area contributed by atoms with Gasteiger partial charge >= 0.3 is 275 Å². The number of hydrogen-bond donors (Lipinski definition) is 0. The van der Waals surface area contributed by atoms with Gasteiger partial charge in [-0.3, -0.25) is 0 Å². The molecule has 0 bridgehead atoms. The Bertz CT molecular complexity index is 3980. The van der Waals surface area contributed by atoms with E-state index in [2.05, 4.69) is 251 Å². The average Bonchev–Trinajstić information content (AvgIpc) is 4.03. The van der Waals surface area contributed by atoms with Gasteiger partial charge in [0, 0.05) is 6.20 Å². The summed E-state index contributed by atoms with van der Waals surface area (Å²) in [5.41, 5.74) is 19.8. The summed E-state index contributed by atoms with van der Waals surface area (Å²) in [6.07, 6.45) is 1.90. The third-order valence-corrected chi connectivity index (χ3v) is 15.7. The molecule has 0 fully saturated rings. The normalized spacial score (nSPS) is 13.6. The number of ether oxygens (including phenoxy) is 1. The van der Waals surface area contributed by atoms with E-state index in [1.807, 2.05) is 18.3 Å². The van der Waals surface area contributed by atoms with E-state index in [-0.39, 0.29) is 10.8 Å². The molecular formula is C64H50N4OPt-2. The maximum atomic E-state index is 6.82. The van der Waals surface area contributed by atoms with Crippen LogP contribution < -0.4 is 4.74 Å². The first-order valence-electron chi connectivity index (χ1n) is 24.1. The second-order valence-electron chi connectivity index (χ2n) is 21.1. The summed E-state index contributed by atoms with van der Waals surface area (Å²) in [6.45, 7) is 15.9. The number of imidazole rings is 1. The number of hydrogen-bond acceptors (Lipinski definition) is 2. The van der Waals surface area contributed by atoms with Gasteiger partial charge in [0.1, 0.15) is 0 Å². The molecule has 70 heavy (non-hydrogen) atoms. The van der Waals surface area contributed by atoms with Gasteiger partial charge < -0.3 is 0 Å². The summed E-state index contributed by atoms with van der Waals surface area (Å²) in [6, 6.07) is 69.5. The third kappa shape index (κ3) is 6.27. The molecule has 2 aliphatic carbocycles. The van der Waals surface area contributed by atoms with Gasteiger partial charge in [0.05, 0.1) is 5.41 Å². The first-order chi connectivity index (χ1) is 33.8. The van der Waals surface area contributed by atoms with Crippen LogP contribution in [0.3, 0.4) is 0 Å². The predicted molar refractivity (Wildman–Crippen MR) is 281 cm³/mol. The average molecular weight is 1090 g/mol. The molecular weight excluding hydrogens is 1040 g/mol. The third-order valence-electron chi connectivity index (χ3n) is 14.7. The van der Waals surface area contributed by atoms with Gasteiger partial charge in [0.15, 0.2) is 0 Å². The fraction of sp³-hybridized carbons (Fsp3) is 0.156. The molecule has 13 rings (SSSR count). The van der Waals surface area contributed by atoms with Crippen LogP contribution in [0.1, 0.15) is 80.5 Å². The van der Waals surface area contributed by atoms with Gasteiger partial charge in [-0.25, -0.2) is 0 Å².